The van der Waals surface area contributed by atoms with E-state index in [-0.39, 0.29) is 18.0 Å². The molecule has 0 bridgehead atoms. The van der Waals surface area contributed by atoms with Gasteiger partial charge >= 0.3 is 0 Å². The molecule has 2 aromatic heterocycles. The summed E-state index contributed by atoms with van der Waals surface area (Å²) in [6.07, 6.45) is 3.87. The van der Waals surface area contributed by atoms with Crippen LogP contribution in [0.3, 0.4) is 0 Å². The molecule has 3 heterocycles. The Morgan fingerprint density at radius 3 is 2.79 bits per heavy atom. The predicted octanol–water partition coefficient (Wildman–Crippen LogP) is 2.52. The highest BCUT2D eigenvalue weighted by atomic mass is 16.2. The molecule has 1 saturated heterocycles. The Labute approximate surface area is 143 Å². The topological polar surface area (TPSA) is 77.0 Å². The molecule has 1 fully saturated rings. The third-order valence-electron chi connectivity index (χ3n) is 4.90. The van der Waals surface area contributed by atoms with E-state index < -0.39 is 0 Å². The number of pyridine rings is 1. The number of nitrogens with two attached hydrogens (primary N) is 1. The van der Waals surface area contributed by atoms with E-state index in [1.807, 2.05) is 29.5 Å². The molecule has 3 rings (SSSR count). The fourth-order valence-corrected chi connectivity index (χ4v) is 3.49. The van der Waals surface area contributed by atoms with Crippen LogP contribution >= 0.6 is 0 Å². The molecule has 0 aromatic carbocycles. The summed E-state index contributed by atoms with van der Waals surface area (Å²) in [6.45, 7) is 9.61. The number of amides is 1. The summed E-state index contributed by atoms with van der Waals surface area (Å²) in [7, 11) is 0. The second kappa shape index (κ2) is 6.51. The summed E-state index contributed by atoms with van der Waals surface area (Å²) in [5, 5.41) is 5.27. The maximum Gasteiger partial charge on any atom is 0.254 e. The van der Waals surface area contributed by atoms with Crippen molar-refractivity contribution in [2.75, 3.05) is 13.1 Å². The van der Waals surface area contributed by atoms with Crippen LogP contribution in [0.5, 0.6) is 0 Å². The first-order valence-corrected chi connectivity index (χ1v) is 8.78. The normalized spacial score (nSPS) is 19.9. The molecule has 2 atom stereocenters. The average molecular weight is 329 g/mol. The van der Waals surface area contributed by atoms with Crippen molar-refractivity contribution in [2.24, 2.45) is 11.7 Å². The highest BCUT2D eigenvalue weighted by molar-refractivity contribution is 6.05. The first-order valence-electron chi connectivity index (χ1n) is 8.78. The van der Waals surface area contributed by atoms with E-state index in [1.165, 1.54) is 0 Å². The van der Waals surface area contributed by atoms with Crippen LogP contribution in [0.1, 0.15) is 55.7 Å². The number of likely N-dealkylation sites (tertiary alicyclic amines) is 1. The van der Waals surface area contributed by atoms with Crippen molar-refractivity contribution >= 4 is 16.9 Å². The zero-order chi connectivity index (χ0) is 17.4. The van der Waals surface area contributed by atoms with Crippen LogP contribution < -0.4 is 5.73 Å². The number of hydrogen-bond donors (Lipinski definition) is 1. The number of carbonyl (C=O) groups excluding carboxylic acids is 1. The van der Waals surface area contributed by atoms with Crippen LogP contribution in [0, 0.1) is 12.8 Å². The van der Waals surface area contributed by atoms with Gasteiger partial charge in [0.2, 0.25) is 0 Å². The lowest BCUT2D eigenvalue weighted by Crippen LogP contribution is -2.45. The Balaban J connectivity index is 1.98. The van der Waals surface area contributed by atoms with Gasteiger partial charge in [0.05, 0.1) is 17.1 Å². The Bertz CT molecular complexity index is 749. The monoisotopic (exact) mass is 329 g/mol. The smallest absolute Gasteiger partial charge is 0.254 e. The lowest BCUT2D eigenvalue weighted by atomic mass is 9.91. The van der Waals surface area contributed by atoms with Gasteiger partial charge in [-0.2, -0.15) is 5.10 Å². The van der Waals surface area contributed by atoms with Crippen molar-refractivity contribution in [1.82, 2.24) is 19.7 Å². The number of aryl methyl sites for hydroxylation is 1. The minimum atomic E-state index is 0.0687. The van der Waals surface area contributed by atoms with Crippen molar-refractivity contribution in [3.63, 3.8) is 0 Å². The highest BCUT2D eigenvalue weighted by Gasteiger charge is 2.28. The Morgan fingerprint density at radius 1 is 1.38 bits per heavy atom. The zero-order valence-electron chi connectivity index (χ0n) is 15.0. The number of rotatable bonds is 3. The molecular weight excluding hydrogens is 302 g/mol. The summed E-state index contributed by atoms with van der Waals surface area (Å²) < 4.78 is 1.88. The van der Waals surface area contributed by atoms with Crippen molar-refractivity contribution in [3.05, 3.63) is 23.5 Å². The van der Waals surface area contributed by atoms with Gasteiger partial charge < -0.3 is 10.6 Å². The summed E-state index contributed by atoms with van der Waals surface area (Å²) in [6, 6.07) is 2.20. The van der Waals surface area contributed by atoms with Crippen LogP contribution in [0.25, 0.3) is 11.0 Å². The van der Waals surface area contributed by atoms with E-state index in [0.29, 0.717) is 11.5 Å². The van der Waals surface area contributed by atoms with Crippen LogP contribution in [-0.2, 0) is 0 Å². The van der Waals surface area contributed by atoms with E-state index in [1.54, 1.807) is 6.20 Å². The number of nitrogens with zero attached hydrogens (tertiary/aromatic N) is 4. The van der Waals surface area contributed by atoms with Crippen LogP contribution in [0.2, 0.25) is 0 Å². The maximum absolute atomic E-state index is 13.1. The molecule has 1 aliphatic heterocycles. The molecule has 0 aliphatic carbocycles. The molecule has 2 aromatic rings. The minimum Gasteiger partial charge on any atom is -0.338 e. The third-order valence-corrected chi connectivity index (χ3v) is 4.90. The fraction of sp³-hybridized carbons (Fsp3) is 0.611. The molecule has 130 valence electrons. The van der Waals surface area contributed by atoms with Crippen LogP contribution in [-0.4, -0.2) is 44.7 Å². The average Bonchev–Trinajstić information content (AvgIpc) is 2.97. The summed E-state index contributed by atoms with van der Waals surface area (Å²) >= 11 is 0. The summed E-state index contributed by atoms with van der Waals surface area (Å²) in [5.74, 6) is 0.443. The molecule has 0 saturated carbocycles. The predicted molar refractivity (Wildman–Crippen MR) is 94.9 cm³/mol. The number of hydrogen-bond acceptors (Lipinski definition) is 4. The molecule has 0 spiro atoms. The van der Waals surface area contributed by atoms with Gasteiger partial charge in [0, 0.05) is 30.9 Å². The summed E-state index contributed by atoms with van der Waals surface area (Å²) in [5.41, 5.74) is 8.39. The van der Waals surface area contributed by atoms with Crippen LogP contribution in [0.4, 0.5) is 0 Å². The Kier molecular flexibility index (Phi) is 4.58. The molecule has 0 radical (unpaired) electrons. The lowest BCUT2D eigenvalue weighted by Gasteiger charge is -2.34. The van der Waals surface area contributed by atoms with Gasteiger partial charge in [-0.3, -0.25) is 4.79 Å². The first-order chi connectivity index (χ1) is 11.4. The third kappa shape index (κ3) is 3.02. The lowest BCUT2D eigenvalue weighted by molar-refractivity contribution is 0.0663. The molecule has 2 unspecified atom stereocenters. The molecule has 1 amide bonds. The number of fused-ring (bicyclic) bond motifs is 1. The van der Waals surface area contributed by atoms with Gasteiger partial charge in [-0.25, -0.2) is 9.67 Å². The molecular formula is C18H27N5O. The van der Waals surface area contributed by atoms with Crippen molar-refractivity contribution in [3.8, 4) is 0 Å². The van der Waals surface area contributed by atoms with Crippen molar-refractivity contribution in [2.45, 2.75) is 52.6 Å². The second-order valence-corrected chi connectivity index (χ2v) is 7.24. The van der Waals surface area contributed by atoms with Gasteiger partial charge in [0.1, 0.15) is 0 Å². The zero-order valence-corrected chi connectivity index (χ0v) is 15.0. The Morgan fingerprint density at radius 2 is 2.12 bits per heavy atom. The van der Waals surface area contributed by atoms with E-state index >= 15 is 0 Å². The van der Waals surface area contributed by atoms with Gasteiger partial charge in [0.15, 0.2) is 5.65 Å². The SMILES string of the molecule is Cc1cc(C(=O)N2CCCC(C(C)N)C2)c2cnn(C(C)C)c2n1. The number of carbonyl (C=O) groups is 1. The largest absolute Gasteiger partial charge is 0.338 e. The summed E-state index contributed by atoms with van der Waals surface area (Å²) in [4.78, 5) is 19.7. The molecule has 1 aliphatic rings. The van der Waals surface area contributed by atoms with E-state index in [0.717, 1.165) is 42.7 Å². The van der Waals surface area contributed by atoms with E-state index in [4.69, 9.17) is 5.73 Å². The fourth-order valence-electron chi connectivity index (χ4n) is 3.49. The molecule has 6 nitrogen and oxygen atoms in total. The quantitative estimate of drug-likeness (QED) is 0.938. The molecule has 2 N–H and O–H groups in total. The van der Waals surface area contributed by atoms with Gasteiger partial charge in [0.25, 0.3) is 5.91 Å². The van der Waals surface area contributed by atoms with Crippen molar-refractivity contribution in [1.29, 1.82) is 0 Å². The first kappa shape index (κ1) is 16.9. The number of piperidine rings is 1. The molecule has 24 heavy (non-hydrogen) atoms. The Hall–Kier alpha value is -1.95. The highest BCUT2D eigenvalue weighted by Crippen LogP contribution is 2.25. The van der Waals surface area contributed by atoms with E-state index in [2.05, 4.69) is 23.9 Å². The van der Waals surface area contributed by atoms with Gasteiger partial charge in [-0.15, -0.1) is 0 Å². The van der Waals surface area contributed by atoms with Crippen molar-refractivity contribution < 1.29 is 4.79 Å². The number of aromatic nitrogens is 3. The maximum atomic E-state index is 13.1. The standard InChI is InChI=1S/C18H27N5O/c1-11(2)23-17-16(9-20-23)15(8-12(3)21-17)18(24)22-7-5-6-14(10-22)13(4)19/h8-9,11,13-14H,5-7,10,19H2,1-4H3. The van der Waals surface area contributed by atoms with Crippen LogP contribution in [0.15, 0.2) is 12.3 Å². The second-order valence-electron chi connectivity index (χ2n) is 7.24. The van der Waals surface area contributed by atoms with Gasteiger partial charge in [-0.05, 0) is 52.5 Å². The molecule has 6 heteroatoms. The minimum absolute atomic E-state index is 0.0687. The van der Waals surface area contributed by atoms with Gasteiger partial charge in [-0.1, -0.05) is 0 Å². The van der Waals surface area contributed by atoms with E-state index in [9.17, 15) is 4.79 Å².